The topological polar surface area (TPSA) is 66.9 Å². The first-order chi connectivity index (χ1) is 10.1. The maximum absolute atomic E-state index is 12.6. The molecule has 1 aliphatic heterocycles. The second-order valence-corrected chi connectivity index (χ2v) is 8.20. The van der Waals surface area contributed by atoms with Crippen molar-refractivity contribution < 1.29 is 17.9 Å². The number of nitrogens with zero attached hydrogens (tertiary/aromatic N) is 2. The summed E-state index contributed by atoms with van der Waals surface area (Å²) >= 11 is 0. The lowest BCUT2D eigenvalue weighted by Gasteiger charge is -2.24. The highest BCUT2D eigenvalue weighted by Crippen LogP contribution is 2.26. The van der Waals surface area contributed by atoms with E-state index in [1.54, 1.807) is 27.7 Å². The average molecular weight is 326 g/mol. The molecule has 0 aromatic heterocycles. The SMILES string of the molecule is C[C@H]1CN(C(=O)OC(C)(C)C)S(=O)(=O)N1Cc1ccccc1. The summed E-state index contributed by atoms with van der Waals surface area (Å²) in [5.41, 5.74) is 0.145. The van der Waals surface area contributed by atoms with E-state index >= 15 is 0 Å². The highest BCUT2D eigenvalue weighted by atomic mass is 32.2. The molecule has 1 aliphatic rings. The smallest absolute Gasteiger partial charge is 0.425 e. The first-order valence-electron chi connectivity index (χ1n) is 7.17. The molecule has 0 radical (unpaired) electrons. The lowest BCUT2D eigenvalue weighted by molar-refractivity contribution is 0.0399. The molecular formula is C15H22N2O4S. The van der Waals surface area contributed by atoms with Crippen LogP contribution in [0.1, 0.15) is 33.3 Å². The van der Waals surface area contributed by atoms with Crippen LogP contribution in [0.3, 0.4) is 0 Å². The summed E-state index contributed by atoms with van der Waals surface area (Å²) in [5.74, 6) is 0. The van der Waals surface area contributed by atoms with Crippen molar-refractivity contribution in [3.05, 3.63) is 35.9 Å². The van der Waals surface area contributed by atoms with Gasteiger partial charge < -0.3 is 4.74 Å². The molecule has 1 heterocycles. The van der Waals surface area contributed by atoms with Gasteiger partial charge in [-0.1, -0.05) is 30.3 Å². The van der Waals surface area contributed by atoms with Gasteiger partial charge >= 0.3 is 16.3 Å². The zero-order valence-corrected chi connectivity index (χ0v) is 14.1. The van der Waals surface area contributed by atoms with Crippen LogP contribution >= 0.6 is 0 Å². The van der Waals surface area contributed by atoms with E-state index in [0.717, 1.165) is 9.87 Å². The van der Waals surface area contributed by atoms with Crippen LogP contribution in [-0.4, -0.2) is 41.3 Å². The van der Waals surface area contributed by atoms with Crippen molar-refractivity contribution in [2.45, 2.75) is 45.9 Å². The van der Waals surface area contributed by atoms with Gasteiger partial charge in [-0.3, -0.25) is 0 Å². The van der Waals surface area contributed by atoms with Crippen molar-refractivity contribution in [1.29, 1.82) is 0 Å². The molecule has 2 rings (SSSR count). The second-order valence-electron chi connectivity index (χ2n) is 6.40. The van der Waals surface area contributed by atoms with Crippen molar-refractivity contribution in [2.24, 2.45) is 0 Å². The van der Waals surface area contributed by atoms with E-state index in [-0.39, 0.29) is 19.1 Å². The van der Waals surface area contributed by atoms with Crippen LogP contribution < -0.4 is 0 Å². The fourth-order valence-electron chi connectivity index (χ4n) is 2.26. The first-order valence-corrected chi connectivity index (χ1v) is 8.57. The Morgan fingerprint density at radius 3 is 2.41 bits per heavy atom. The van der Waals surface area contributed by atoms with Gasteiger partial charge in [0, 0.05) is 12.6 Å². The lowest BCUT2D eigenvalue weighted by atomic mass is 10.2. The molecule has 1 atom stereocenters. The molecule has 6 nitrogen and oxygen atoms in total. The minimum Gasteiger partial charge on any atom is -0.443 e. The average Bonchev–Trinajstić information content (AvgIpc) is 2.61. The normalized spacial score (nSPS) is 21.8. The molecule has 0 spiro atoms. The van der Waals surface area contributed by atoms with Crippen molar-refractivity contribution in [2.75, 3.05) is 6.54 Å². The van der Waals surface area contributed by atoms with Crippen molar-refractivity contribution in [1.82, 2.24) is 8.61 Å². The van der Waals surface area contributed by atoms with Gasteiger partial charge in [0.25, 0.3) is 0 Å². The van der Waals surface area contributed by atoms with Gasteiger partial charge in [-0.2, -0.15) is 17.0 Å². The molecule has 1 amide bonds. The van der Waals surface area contributed by atoms with E-state index in [1.165, 1.54) is 4.31 Å². The number of amides is 1. The Hall–Kier alpha value is -1.60. The van der Waals surface area contributed by atoms with Crippen LogP contribution in [0.4, 0.5) is 4.79 Å². The molecule has 122 valence electrons. The Labute approximate surface area is 131 Å². The quantitative estimate of drug-likeness (QED) is 0.837. The summed E-state index contributed by atoms with van der Waals surface area (Å²) in [5, 5.41) is 0. The number of rotatable bonds is 2. The predicted molar refractivity (Wildman–Crippen MR) is 83.3 cm³/mol. The third-order valence-corrected chi connectivity index (χ3v) is 5.21. The molecular weight excluding hydrogens is 304 g/mol. The summed E-state index contributed by atoms with van der Waals surface area (Å²) in [6.45, 7) is 7.24. The van der Waals surface area contributed by atoms with Crippen molar-refractivity contribution in [3.63, 3.8) is 0 Å². The van der Waals surface area contributed by atoms with Crippen LogP contribution in [0.25, 0.3) is 0 Å². The van der Waals surface area contributed by atoms with Crippen molar-refractivity contribution >= 4 is 16.3 Å². The number of ether oxygens (including phenoxy) is 1. The van der Waals surface area contributed by atoms with Gasteiger partial charge in [-0.25, -0.2) is 4.79 Å². The van der Waals surface area contributed by atoms with Crippen molar-refractivity contribution in [3.8, 4) is 0 Å². The van der Waals surface area contributed by atoms with Gasteiger partial charge in [0.15, 0.2) is 0 Å². The molecule has 7 heteroatoms. The highest BCUT2D eigenvalue weighted by molar-refractivity contribution is 7.87. The van der Waals surface area contributed by atoms with Crippen LogP contribution in [-0.2, 0) is 21.5 Å². The monoisotopic (exact) mass is 326 g/mol. The summed E-state index contributed by atoms with van der Waals surface area (Å²) in [6.07, 6.45) is -0.824. The van der Waals surface area contributed by atoms with E-state index in [1.807, 2.05) is 30.3 Å². The summed E-state index contributed by atoms with van der Waals surface area (Å²) in [4.78, 5) is 12.1. The maximum atomic E-state index is 12.6. The lowest BCUT2D eigenvalue weighted by Crippen LogP contribution is -2.40. The maximum Gasteiger partial charge on any atom is 0.425 e. The second kappa shape index (κ2) is 5.89. The predicted octanol–water partition coefficient (Wildman–Crippen LogP) is 2.37. The summed E-state index contributed by atoms with van der Waals surface area (Å²) in [7, 11) is -3.85. The van der Waals surface area contributed by atoms with E-state index in [0.29, 0.717) is 0 Å². The van der Waals surface area contributed by atoms with E-state index < -0.39 is 21.9 Å². The molecule has 0 aliphatic carbocycles. The zero-order valence-electron chi connectivity index (χ0n) is 13.3. The summed E-state index contributed by atoms with van der Waals surface area (Å²) < 4.78 is 32.5. The fraction of sp³-hybridized carbons (Fsp3) is 0.533. The van der Waals surface area contributed by atoms with Gasteiger partial charge in [0.1, 0.15) is 5.60 Å². The fourth-order valence-corrected chi connectivity index (χ4v) is 3.98. The van der Waals surface area contributed by atoms with Crippen LogP contribution in [0.5, 0.6) is 0 Å². The minimum atomic E-state index is -3.85. The molecule has 1 fully saturated rings. The Balaban J connectivity index is 2.19. The van der Waals surface area contributed by atoms with Crippen LogP contribution in [0.15, 0.2) is 30.3 Å². The number of carbonyl (C=O) groups is 1. The molecule has 1 aromatic carbocycles. The summed E-state index contributed by atoms with van der Waals surface area (Å²) in [6, 6.07) is 9.01. The third kappa shape index (κ3) is 3.59. The third-order valence-electron chi connectivity index (χ3n) is 3.27. The molecule has 0 unspecified atom stereocenters. The number of carbonyl (C=O) groups excluding carboxylic acids is 1. The highest BCUT2D eigenvalue weighted by Gasteiger charge is 2.45. The van der Waals surface area contributed by atoms with Gasteiger partial charge in [0.05, 0.1) is 6.54 Å². The van der Waals surface area contributed by atoms with Gasteiger partial charge in [0.2, 0.25) is 0 Å². The zero-order chi connectivity index (χ0) is 16.5. The largest absolute Gasteiger partial charge is 0.443 e. The Morgan fingerprint density at radius 1 is 1.27 bits per heavy atom. The molecule has 0 saturated carbocycles. The van der Waals surface area contributed by atoms with E-state index in [4.69, 9.17) is 4.74 Å². The van der Waals surface area contributed by atoms with E-state index in [2.05, 4.69) is 0 Å². The number of benzene rings is 1. The minimum absolute atomic E-state index is 0.101. The van der Waals surface area contributed by atoms with Crippen LogP contribution in [0.2, 0.25) is 0 Å². The first kappa shape index (κ1) is 16.8. The Morgan fingerprint density at radius 2 is 1.86 bits per heavy atom. The van der Waals surface area contributed by atoms with Gasteiger partial charge in [-0.15, -0.1) is 0 Å². The van der Waals surface area contributed by atoms with Crippen LogP contribution in [0, 0.1) is 0 Å². The molecule has 1 saturated heterocycles. The van der Waals surface area contributed by atoms with E-state index in [9.17, 15) is 13.2 Å². The standard InChI is InChI=1S/C15H22N2O4S/c1-12-10-17(14(18)21-15(2,3)4)22(19,20)16(12)11-13-8-6-5-7-9-13/h5-9,12H,10-11H2,1-4H3/t12-/m0/s1. The number of hydrogen-bond acceptors (Lipinski definition) is 4. The molecule has 1 aromatic rings. The molecule has 0 bridgehead atoms. The molecule has 22 heavy (non-hydrogen) atoms. The van der Waals surface area contributed by atoms with Gasteiger partial charge in [-0.05, 0) is 33.3 Å². The number of hydrogen-bond donors (Lipinski definition) is 0. The molecule has 0 N–H and O–H groups in total. The Kier molecular flexibility index (Phi) is 4.49. The Bertz CT molecular complexity index is 637.